The molecule has 1 aliphatic rings. The van der Waals surface area contributed by atoms with Crippen molar-refractivity contribution in [1.29, 1.82) is 0 Å². The van der Waals surface area contributed by atoms with Gasteiger partial charge >= 0.3 is 5.97 Å². The number of carboxylic acids is 1. The minimum Gasteiger partial charge on any atom is -0.480 e. The van der Waals surface area contributed by atoms with E-state index in [9.17, 15) is 14.4 Å². The number of nitrogens with zero attached hydrogens (tertiary/aromatic N) is 2. The van der Waals surface area contributed by atoms with E-state index in [0.29, 0.717) is 17.7 Å². The summed E-state index contributed by atoms with van der Waals surface area (Å²) in [5.41, 5.74) is 0.879. The van der Waals surface area contributed by atoms with Crippen LogP contribution in [0.4, 0.5) is 5.69 Å². The van der Waals surface area contributed by atoms with Gasteiger partial charge in [-0.1, -0.05) is 6.07 Å². The first-order valence-corrected chi connectivity index (χ1v) is 6.28. The summed E-state index contributed by atoms with van der Waals surface area (Å²) in [5, 5.41) is 9.16. The molecule has 6 nitrogen and oxygen atoms in total. The zero-order valence-corrected chi connectivity index (χ0v) is 11.4. The van der Waals surface area contributed by atoms with Gasteiger partial charge in [-0.15, -0.1) is 0 Å². The third-order valence-electron chi connectivity index (χ3n) is 3.27. The highest BCUT2D eigenvalue weighted by Gasteiger charge is 2.37. The van der Waals surface area contributed by atoms with E-state index in [-0.39, 0.29) is 18.2 Å². The van der Waals surface area contributed by atoms with Crippen molar-refractivity contribution in [2.24, 2.45) is 0 Å². The Morgan fingerprint density at radius 1 is 1.35 bits per heavy atom. The minimum absolute atomic E-state index is 0.189. The van der Waals surface area contributed by atoms with Gasteiger partial charge in [-0.2, -0.15) is 0 Å². The predicted molar refractivity (Wildman–Crippen MR) is 72.6 cm³/mol. The van der Waals surface area contributed by atoms with Gasteiger partial charge in [0.1, 0.15) is 6.04 Å². The quantitative estimate of drug-likeness (QED) is 0.892. The van der Waals surface area contributed by atoms with Crippen molar-refractivity contribution in [3.63, 3.8) is 0 Å². The predicted octanol–water partition coefficient (Wildman–Crippen LogP) is 0.968. The molecular formula is C14H16N2O4. The first-order chi connectivity index (χ1) is 9.41. The summed E-state index contributed by atoms with van der Waals surface area (Å²) in [6.07, 6.45) is 0.503. The van der Waals surface area contributed by atoms with Crippen LogP contribution in [0.1, 0.15) is 23.2 Å². The molecule has 1 heterocycles. The van der Waals surface area contributed by atoms with Crippen LogP contribution in [0.3, 0.4) is 0 Å². The average Bonchev–Trinajstić information content (AvgIpc) is 2.80. The average molecular weight is 276 g/mol. The van der Waals surface area contributed by atoms with Gasteiger partial charge in [0.15, 0.2) is 0 Å². The van der Waals surface area contributed by atoms with Crippen LogP contribution in [0, 0.1) is 0 Å². The van der Waals surface area contributed by atoms with Gasteiger partial charge in [0, 0.05) is 31.8 Å². The molecular weight excluding hydrogens is 260 g/mol. The molecule has 0 unspecified atom stereocenters. The Kier molecular flexibility index (Phi) is 3.74. The van der Waals surface area contributed by atoms with E-state index >= 15 is 0 Å². The van der Waals surface area contributed by atoms with Crippen molar-refractivity contribution in [2.75, 3.05) is 19.0 Å². The SMILES string of the molecule is CN(C)C(=O)c1cccc(N2C(=O)CC[C@H]2C(=O)O)c1. The van der Waals surface area contributed by atoms with Crippen LogP contribution >= 0.6 is 0 Å². The van der Waals surface area contributed by atoms with Crippen molar-refractivity contribution in [2.45, 2.75) is 18.9 Å². The molecule has 1 aromatic rings. The lowest BCUT2D eigenvalue weighted by atomic mass is 10.1. The molecule has 0 aliphatic carbocycles. The van der Waals surface area contributed by atoms with E-state index in [1.807, 2.05) is 0 Å². The molecule has 1 saturated heterocycles. The first-order valence-electron chi connectivity index (χ1n) is 6.28. The molecule has 2 rings (SSSR count). The van der Waals surface area contributed by atoms with E-state index in [1.54, 1.807) is 38.4 Å². The van der Waals surface area contributed by atoms with Gasteiger partial charge in [0.2, 0.25) is 5.91 Å². The van der Waals surface area contributed by atoms with Gasteiger partial charge in [-0.05, 0) is 24.6 Å². The highest BCUT2D eigenvalue weighted by molar-refractivity contribution is 6.03. The van der Waals surface area contributed by atoms with E-state index in [4.69, 9.17) is 5.11 Å². The van der Waals surface area contributed by atoms with E-state index in [1.165, 1.54) is 9.80 Å². The number of hydrogen-bond donors (Lipinski definition) is 1. The summed E-state index contributed by atoms with van der Waals surface area (Å²) in [7, 11) is 3.27. The molecule has 2 amide bonds. The lowest BCUT2D eigenvalue weighted by Crippen LogP contribution is -2.38. The maximum atomic E-state index is 11.9. The summed E-state index contributed by atoms with van der Waals surface area (Å²) in [4.78, 5) is 37.7. The van der Waals surface area contributed by atoms with Crippen LogP contribution in [-0.4, -0.2) is 47.9 Å². The molecule has 106 valence electrons. The maximum absolute atomic E-state index is 11.9. The number of carboxylic acid groups (broad SMARTS) is 1. The Labute approximate surface area is 116 Å². The summed E-state index contributed by atoms with van der Waals surface area (Å²) in [6.45, 7) is 0. The summed E-state index contributed by atoms with van der Waals surface area (Å²) in [5.74, 6) is -1.45. The van der Waals surface area contributed by atoms with Crippen LogP contribution < -0.4 is 4.90 Å². The van der Waals surface area contributed by atoms with Crippen molar-refractivity contribution < 1.29 is 19.5 Å². The van der Waals surface area contributed by atoms with Gasteiger partial charge in [-0.25, -0.2) is 4.79 Å². The Balaban J connectivity index is 2.37. The van der Waals surface area contributed by atoms with E-state index < -0.39 is 12.0 Å². The number of aliphatic carboxylic acids is 1. The Hall–Kier alpha value is -2.37. The van der Waals surface area contributed by atoms with E-state index in [2.05, 4.69) is 0 Å². The highest BCUT2D eigenvalue weighted by atomic mass is 16.4. The van der Waals surface area contributed by atoms with Crippen molar-refractivity contribution in [3.8, 4) is 0 Å². The number of rotatable bonds is 3. The molecule has 0 aromatic heterocycles. The lowest BCUT2D eigenvalue weighted by molar-refractivity contribution is -0.138. The standard InChI is InChI=1S/C14H16N2O4/c1-15(2)13(18)9-4-3-5-10(8-9)16-11(14(19)20)6-7-12(16)17/h3-5,8,11H,6-7H2,1-2H3,(H,19,20)/t11-/m0/s1. The number of hydrogen-bond acceptors (Lipinski definition) is 3. The monoisotopic (exact) mass is 276 g/mol. The largest absolute Gasteiger partial charge is 0.480 e. The first kappa shape index (κ1) is 14.0. The second kappa shape index (κ2) is 5.32. The molecule has 0 spiro atoms. The number of anilines is 1. The van der Waals surface area contributed by atoms with Crippen molar-refractivity contribution in [3.05, 3.63) is 29.8 Å². The summed E-state index contributed by atoms with van der Waals surface area (Å²) >= 11 is 0. The number of carbonyl (C=O) groups is 3. The fourth-order valence-electron chi connectivity index (χ4n) is 2.29. The molecule has 0 radical (unpaired) electrons. The molecule has 0 bridgehead atoms. The molecule has 1 aromatic carbocycles. The number of amides is 2. The smallest absolute Gasteiger partial charge is 0.326 e. The molecule has 20 heavy (non-hydrogen) atoms. The minimum atomic E-state index is -1.03. The second-order valence-corrected chi connectivity index (χ2v) is 4.91. The highest BCUT2D eigenvalue weighted by Crippen LogP contribution is 2.27. The Morgan fingerprint density at radius 3 is 2.65 bits per heavy atom. The zero-order valence-electron chi connectivity index (χ0n) is 11.4. The molecule has 1 fully saturated rings. The molecule has 6 heteroatoms. The molecule has 1 atom stereocenters. The van der Waals surface area contributed by atoms with Gasteiger partial charge in [-0.3, -0.25) is 14.5 Å². The van der Waals surface area contributed by atoms with Crippen LogP contribution in [-0.2, 0) is 9.59 Å². The number of benzene rings is 1. The van der Waals surface area contributed by atoms with Crippen LogP contribution in [0.25, 0.3) is 0 Å². The van der Waals surface area contributed by atoms with Gasteiger partial charge in [0.25, 0.3) is 5.91 Å². The fourth-order valence-corrected chi connectivity index (χ4v) is 2.29. The third kappa shape index (κ3) is 2.49. The maximum Gasteiger partial charge on any atom is 0.326 e. The molecule has 0 saturated carbocycles. The van der Waals surface area contributed by atoms with Crippen LogP contribution in [0.2, 0.25) is 0 Å². The van der Waals surface area contributed by atoms with Gasteiger partial charge in [0.05, 0.1) is 0 Å². The normalized spacial score (nSPS) is 18.2. The van der Waals surface area contributed by atoms with Crippen molar-refractivity contribution >= 4 is 23.5 Å². The second-order valence-electron chi connectivity index (χ2n) is 4.91. The third-order valence-corrected chi connectivity index (χ3v) is 3.27. The van der Waals surface area contributed by atoms with Gasteiger partial charge < -0.3 is 10.0 Å². The number of carbonyl (C=O) groups excluding carboxylic acids is 2. The Morgan fingerprint density at radius 2 is 2.05 bits per heavy atom. The van der Waals surface area contributed by atoms with Crippen molar-refractivity contribution in [1.82, 2.24) is 4.90 Å². The van der Waals surface area contributed by atoms with E-state index in [0.717, 1.165) is 0 Å². The zero-order chi connectivity index (χ0) is 14.9. The Bertz CT molecular complexity index is 568. The van der Waals surface area contributed by atoms with Crippen LogP contribution in [0.15, 0.2) is 24.3 Å². The molecule has 1 aliphatic heterocycles. The lowest BCUT2D eigenvalue weighted by Gasteiger charge is -2.22. The topological polar surface area (TPSA) is 77.9 Å². The fraction of sp³-hybridized carbons (Fsp3) is 0.357. The molecule has 1 N–H and O–H groups in total. The van der Waals surface area contributed by atoms with Crippen LogP contribution in [0.5, 0.6) is 0 Å². The summed E-state index contributed by atoms with van der Waals surface area (Å²) in [6, 6.07) is 5.64. The summed E-state index contributed by atoms with van der Waals surface area (Å²) < 4.78 is 0.